The molecular formula is C17H25N2O3+. The lowest BCUT2D eigenvalue weighted by Crippen LogP contribution is -2.53. The number of likely N-dealkylation sites (N-methyl/N-ethyl adjacent to an activating group) is 1. The number of quaternary nitrogens is 1. The second-order valence-electron chi connectivity index (χ2n) is 6.55. The van der Waals surface area contributed by atoms with Crippen LogP contribution < -0.4 is 4.84 Å². The Hall–Kier alpha value is -1.72. The Morgan fingerprint density at radius 3 is 2.64 bits per heavy atom. The molecule has 0 fully saturated rings. The van der Waals surface area contributed by atoms with E-state index in [4.69, 9.17) is 4.84 Å². The number of rotatable bonds is 5. The smallest absolute Gasteiger partial charge is 0.309 e. The number of carbonyl (C=O) groups is 2. The molecule has 0 saturated heterocycles. The van der Waals surface area contributed by atoms with Crippen molar-refractivity contribution in [1.29, 1.82) is 0 Å². The number of Topliss-reactive ketones (excluding diaryl/α,β-unsaturated/α-hetero) is 1. The average molecular weight is 305 g/mol. The Morgan fingerprint density at radius 2 is 2.00 bits per heavy atom. The van der Waals surface area contributed by atoms with Crippen LogP contribution in [0.2, 0.25) is 0 Å². The number of benzene rings is 1. The van der Waals surface area contributed by atoms with Gasteiger partial charge in [-0.05, 0) is 40.1 Å². The third-order valence-electron chi connectivity index (χ3n) is 4.04. The van der Waals surface area contributed by atoms with Crippen LogP contribution in [0.5, 0.6) is 5.75 Å². The molecule has 1 heterocycles. The van der Waals surface area contributed by atoms with Crippen molar-refractivity contribution in [2.75, 3.05) is 34.7 Å². The van der Waals surface area contributed by atoms with Gasteiger partial charge < -0.3 is 9.74 Å². The van der Waals surface area contributed by atoms with E-state index in [-0.39, 0.29) is 22.3 Å². The average Bonchev–Trinajstić information content (AvgIpc) is 2.43. The largest absolute Gasteiger partial charge is 0.361 e. The van der Waals surface area contributed by atoms with Crippen LogP contribution in [0, 0.1) is 0 Å². The van der Waals surface area contributed by atoms with Gasteiger partial charge in [-0.15, -0.1) is 0 Å². The number of hydrogen-bond donors (Lipinski definition) is 0. The van der Waals surface area contributed by atoms with Gasteiger partial charge in [0.15, 0.2) is 11.5 Å². The van der Waals surface area contributed by atoms with Crippen LogP contribution >= 0.6 is 0 Å². The SMILES string of the molecule is CC1C(=O)[N+](C)(C)Oc2cccc(C(=O)CCCN(C)C)c21. The first-order chi connectivity index (χ1) is 10.2. The molecule has 22 heavy (non-hydrogen) atoms. The molecule has 0 saturated carbocycles. The molecule has 5 nitrogen and oxygen atoms in total. The van der Waals surface area contributed by atoms with E-state index in [1.807, 2.05) is 33.2 Å². The van der Waals surface area contributed by atoms with E-state index >= 15 is 0 Å². The summed E-state index contributed by atoms with van der Waals surface area (Å²) in [6.07, 6.45) is 1.29. The number of ketones is 1. The summed E-state index contributed by atoms with van der Waals surface area (Å²) >= 11 is 0. The highest BCUT2D eigenvalue weighted by Gasteiger charge is 2.43. The van der Waals surface area contributed by atoms with Crippen LogP contribution in [-0.4, -0.2) is 56.0 Å². The summed E-state index contributed by atoms with van der Waals surface area (Å²) in [6, 6.07) is 5.45. The zero-order valence-corrected chi connectivity index (χ0v) is 14.0. The van der Waals surface area contributed by atoms with Crippen molar-refractivity contribution < 1.29 is 19.1 Å². The lowest BCUT2D eigenvalue weighted by molar-refractivity contribution is -0.984. The summed E-state index contributed by atoms with van der Waals surface area (Å²) in [5.41, 5.74) is 1.36. The maximum atomic E-state index is 12.5. The molecule has 1 aliphatic heterocycles. The molecule has 1 atom stereocenters. The second-order valence-corrected chi connectivity index (χ2v) is 6.55. The van der Waals surface area contributed by atoms with Gasteiger partial charge in [-0.2, -0.15) is 0 Å². The fourth-order valence-electron chi connectivity index (χ4n) is 2.88. The van der Waals surface area contributed by atoms with Gasteiger partial charge in [-0.3, -0.25) is 4.79 Å². The predicted molar refractivity (Wildman–Crippen MR) is 84.7 cm³/mol. The van der Waals surface area contributed by atoms with Crippen molar-refractivity contribution in [2.24, 2.45) is 0 Å². The van der Waals surface area contributed by atoms with E-state index in [1.54, 1.807) is 20.2 Å². The third-order valence-corrected chi connectivity index (χ3v) is 4.04. The molecule has 1 amide bonds. The summed E-state index contributed by atoms with van der Waals surface area (Å²) in [5, 5.41) is 0. The molecule has 1 aromatic rings. The Morgan fingerprint density at radius 1 is 1.32 bits per heavy atom. The molecule has 1 unspecified atom stereocenters. The zero-order chi connectivity index (χ0) is 16.5. The van der Waals surface area contributed by atoms with Gasteiger partial charge in [0, 0.05) is 17.5 Å². The first-order valence-corrected chi connectivity index (χ1v) is 7.63. The molecule has 2 rings (SSSR count). The van der Waals surface area contributed by atoms with Gasteiger partial charge in [0.1, 0.15) is 20.0 Å². The fourth-order valence-corrected chi connectivity index (χ4v) is 2.88. The lowest BCUT2D eigenvalue weighted by atomic mass is 9.89. The van der Waals surface area contributed by atoms with E-state index in [9.17, 15) is 9.59 Å². The van der Waals surface area contributed by atoms with Crippen LogP contribution in [0.1, 0.15) is 41.6 Å². The number of carbonyl (C=O) groups excluding carboxylic acids is 2. The number of hydrogen-bond acceptors (Lipinski definition) is 4. The molecule has 5 heteroatoms. The monoisotopic (exact) mass is 305 g/mol. The number of amides is 1. The van der Waals surface area contributed by atoms with E-state index < -0.39 is 0 Å². The van der Waals surface area contributed by atoms with Crippen molar-refractivity contribution in [1.82, 2.24) is 4.90 Å². The van der Waals surface area contributed by atoms with Crippen molar-refractivity contribution >= 4 is 11.7 Å². The summed E-state index contributed by atoms with van der Waals surface area (Å²) in [5.74, 6) is 0.332. The number of fused-ring (bicyclic) bond motifs is 1. The molecular weight excluding hydrogens is 280 g/mol. The highest BCUT2D eigenvalue weighted by molar-refractivity contribution is 6.00. The van der Waals surface area contributed by atoms with Gasteiger partial charge >= 0.3 is 5.91 Å². The standard InChI is InChI=1S/C17H25N2O3/c1-12-16-13(14(20)9-7-11-18(2)3)8-6-10-15(16)22-19(4,5)17(12)21/h6,8,10,12H,7,9,11H2,1-5H3/q+1. The highest BCUT2D eigenvalue weighted by Crippen LogP contribution is 2.38. The fraction of sp³-hybridized carbons (Fsp3) is 0.529. The lowest BCUT2D eigenvalue weighted by Gasteiger charge is -2.33. The highest BCUT2D eigenvalue weighted by atomic mass is 16.7. The van der Waals surface area contributed by atoms with Crippen molar-refractivity contribution in [3.05, 3.63) is 29.3 Å². The summed E-state index contributed by atoms with van der Waals surface area (Å²) in [7, 11) is 7.41. The Labute approximate surface area is 132 Å². The molecule has 0 bridgehead atoms. The maximum Gasteiger partial charge on any atom is 0.361 e. The van der Waals surface area contributed by atoms with Gasteiger partial charge in [-0.1, -0.05) is 16.8 Å². The molecule has 1 aliphatic rings. The second kappa shape index (κ2) is 6.18. The Kier molecular flexibility index (Phi) is 4.68. The predicted octanol–water partition coefficient (Wildman–Crippen LogP) is 2.22. The van der Waals surface area contributed by atoms with E-state index in [0.717, 1.165) is 18.5 Å². The summed E-state index contributed by atoms with van der Waals surface area (Å²) in [4.78, 5) is 32.8. The molecule has 0 N–H and O–H groups in total. The minimum atomic E-state index is -0.340. The van der Waals surface area contributed by atoms with E-state index in [0.29, 0.717) is 17.7 Å². The molecule has 120 valence electrons. The normalized spacial score (nSPS) is 19.7. The minimum absolute atomic E-state index is 0.0407. The Bertz CT molecular complexity index is 594. The quantitative estimate of drug-likeness (QED) is 0.618. The van der Waals surface area contributed by atoms with Crippen LogP contribution in [0.25, 0.3) is 0 Å². The van der Waals surface area contributed by atoms with Crippen molar-refractivity contribution in [3.63, 3.8) is 0 Å². The minimum Gasteiger partial charge on any atom is -0.309 e. The summed E-state index contributed by atoms with van der Waals surface area (Å²) in [6.45, 7) is 2.72. The first-order valence-electron chi connectivity index (χ1n) is 7.63. The van der Waals surface area contributed by atoms with E-state index in [1.165, 1.54) is 0 Å². The Balaban J connectivity index is 2.29. The summed E-state index contributed by atoms with van der Waals surface area (Å²) < 4.78 is -0.146. The topological polar surface area (TPSA) is 46.6 Å². The van der Waals surface area contributed by atoms with Gasteiger partial charge in [-0.25, -0.2) is 4.79 Å². The van der Waals surface area contributed by atoms with Crippen LogP contribution in [0.4, 0.5) is 0 Å². The molecule has 0 radical (unpaired) electrons. The van der Waals surface area contributed by atoms with Crippen LogP contribution in [-0.2, 0) is 4.79 Å². The van der Waals surface area contributed by atoms with Crippen LogP contribution in [0.3, 0.4) is 0 Å². The van der Waals surface area contributed by atoms with Crippen molar-refractivity contribution in [3.8, 4) is 5.75 Å². The van der Waals surface area contributed by atoms with Gasteiger partial charge in [0.2, 0.25) is 0 Å². The molecule has 0 aromatic heterocycles. The first kappa shape index (κ1) is 16.6. The van der Waals surface area contributed by atoms with Crippen LogP contribution in [0.15, 0.2) is 18.2 Å². The number of hydroxylamine groups is 3. The molecule has 1 aromatic carbocycles. The zero-order valence-electron chi connectivity index (χ0n) is 14.0. The van der Waals surface area contributed by atoms with E-state index in [2.05, 4.69) is 4.90 Å². The number of nitrogens with zero attached hydrogens (tertiary/aromatic N) is 2. The molecule has 0 aliphatic carbocycles. The molecule has 0 spiro atoms. The van der Waals surface area contributed by atoms with Gasteiger partial charge in [0.25, 0.3) is 0 Å². The van der Waals surface area contributed by atoms with Gasteiger partial charge in [0.05, 0.1) is 0 Å². The third kappa shape index (κ3) is 3.20. The van der Waals surface area contributed by atoms with Crippen molar-refractivity contribution in [2.45, 2.75) is 25.7 Å². The maximum absolute atomic E-state index is 12.5.